The molecule has 0 saturated carbocycles. The van der Waals surface area contributed by atoms with Crippen LogP contribution in [0.15, 0.2) is 164 Å². The van der Waals surface area contributed by atoms with E-state index < -0.39 is 0 Å². The zero-order valence-corrected chi connectivity index (χ0v) is 29.8. The second-order valence-corrected chi connectivity index (χ2v) is 14.7. The number of benzene rings is 7. The fourth-order valence-electron chi connectivity index (χ4n) is 8.28. The van der Waals surface area contributed by atoms with Crippen molar-refractivity contribution in [2.45, 2.75) is 13.3 Å². The molecule has 0 atom stereocenters. The summed E-state index contributed by atoms with van der Waals surface area (Å²) in [4.78, 5) is 10.4. The van der Waals surface area contributed by atoms with E-state index in [2.05, 4.69) is 180 Å². The molecule has 0 N–H and O–H groups in total. The van der Waals surface area contributed by atoms with Gasteiger partial charge >= 0.3 is 0 Å². The number of imidazole rings is 1. The molecule has 0 radical (unpaired) electrons. The topological polar surface area (TPSA) is 35.6 Å². The molecule has 0 spiro atoms. The van der Waals surface area contributed by atoms with Gasteiger partial charge in [0.05, 0.1) is 38.0 Å². The molecule has 0 saturated heterocycles. The minimum absolute atomic E-state index is 0.853. The minimum atomic E-state index is 0.853. The average molecular weight is 697 g/mol. The van der Waals surface area contributed by atoms with Gasteiger partial charge in [0.15, 0.2) is 0 Å². The lowest BCUT2D eigenvalue weighted by molar-refractivity contribution is 0.908. The van der Waals surface area contributed by atoms with Crippen LogP contribution < -0.4 is 0 Å². The van der Waals surface area contributed by atoms with Gasteiger partial charge in [0, 0.05) is 55.0 Å². The summed E-state index contributed by atoms with van der Waals surface area (Å²) in [7, 11) is 0. The second-order valence-electron chi connectivity index (χ2n) is 13.7. The summed E-state index contributed by atoms with van der Waals surface area (Å²) in [5, 5.41) is 6.24. The molecule has 4 nitrogen and oxygen atoms in total. The molecule has 4 heterocycles. The first-order valence-electron chi connectivity index (χ1n) is 18.1. The molecule has 0 bridgehead atoms. The van der Waals surface area contributed by atoms with Crippen LogP contribution in [0.2, 0.25) is 0 Å². The first-order valence-corrected chi connectivity index (χ1v) is 19.0. The number of rotatable bonds is 5. The minimum Gasteiger partial charge on any atom is -0.309 e. The standard InChI is InChI=1S/C48H32N4S/c1-2-45-49-40-18-8-11-21-43(40)52(45)33-25-23-30(24-26-33)31-27-32(29-34(28-31)51-41-19-9-4-13-35(41)36-14-5-10-20-42(36)51)47-48-46(37-15-3-7-17-39(37)50-47)38-16-6-12-22-44(38)53-48/h3-29H,2H2,1H3. The molecule has 4 aromatic heterocycles. The van der Waals surface area contributed by atoms with E-state index in [1.807, 2.05) is 11.3 Å². The van der Waals surface area contributed by atoms with Crippen molar-refractivity contribution in [3.05, 3.63) is 170 Å². The Morgan fingerprint density at radius 2 is 1.08 bits per heavy atom. The van der Waals surface area contributed by atoms with Crippen molar-refractivity contribution in [2.24, 2.45) is 0 Å². The summed E-state index contributed by atoms with van der Waals surface area (Å²) in [6.07, 6.45) is 0.853. The maximum Gasteiger partial charge on any atom is 0.114 e. The summed E-state index contributed by atoms with van der Waals surface area (Å²) in [5.41, 5.74) is 12.1. The molecular weight excluding hydrogens is 665 g/mol. The highest BCUT2D eigenvalue weighted by molar-refractivity contribution is 7.26. The molecule has 0 aliphatic rings. The summed E-state index contributed by atoms with van der Waals surface area (Å²) >= 11 is 1.83. The Balaban J connectivity index is 1.18. The number of fused-ring (bicyclic) bond motifs is 9. The zero-order chi connectivity index (χ0) is 35.0. The van der Waals surface area contributed by atoms with Gasteiger partial charge in [0.1, 0.15) is 5.82 Å². The molecule has 0 aliphatic carbocycles. The molecule has 0 unspecified atom stereocenters. The lowest BCUT2D eigenvalue weighted by atomic mass is 9.98. The first kappa shape index (κ1) is 30.1. The molecule has 53 heavy (non-hydrogen) atoms. The third-order valence-corrected chi connectivity index (χ3v) is 11.8. The molecule has 7 aromatic carbocycles. The predicted molar refractivity (Wildman–Crippen MR) is 224 cm³/mol. The van der Waals surface area contributed by atoms with Gasteiger partial charge in [-0.2, -0.15) is 0 Å². The Bertz CT molecular complexity index is 3160. The Hall–Kier alpha value is -6.56. The maximum absolute atomic E-state index is 5.44. The van der Waals surface area contributed by atoms with Gasteiger partial charge in [-0.3, -0.25) is 4.57 Å². The Labute approximate surface area is 309 Å². The highest BCUT2D eigenvalue weighted by Gasteiger charge is 2.19. The van der Waals surface area contributed by atoms with E-state index in [4.69, 9.17) is 9.97 Å². The third-order valence-electron chi connectivity index (χ3n) is 10.7. The van der Waals surface area contributed by atoms with Gasteiger partial charge in [0.2, 0.25) is 0 Å². The van der Waals surface area contributed by atoms with E-state index in [0.29, 0.717) is 0 Å². The average Bonchev–Trinajstić information content (AvgIpc) is 3.90. The molecule has 0 aliphatic heterocycles. The van der Waals surface area contributed by atoms with Crippen LogP contribution in [-0.2, 0) is 6.42 Å². The largest absolute Gasteiger partial charge is 0.309 e. The SMILES string of the molecule is CCc1nc2ccccc2n1-c1ccc(-c2cc(-c3nc4ccccc4c4c3sc3ccccc34)cc(-n3c4ccccc4c4ccccc43)c2)cc1. The zero-order valence-electron chi connectivity index (χ0n) is 29.0. The number of aryl methyl sites for hydroxylation is 1. The van der Waals surface area contributed by atoms with Gasteiger partial charge in [-0.1, -0.05) is 104 Å². The van der Waals surface area contributed by atoms with Crippen LogP contribution in [0.4, 0.5) is 0 Å². The molecule has 11 rings (SSSR count). The number of para-hydroxylation sites is 5. The fourth-order valence-corrected chi connectivity index (χ4v) is 9.51. The number of aromatic nitrogens is 4. The van der Waals surface area contributed by atoms with Crippen LogP contribution in [0.25, 0.3) is 97.7 Å². The van der Waals surface area contributed by atoms with Gasteiger partial charge in [0.25, 0.3) is 0 Å². The van der Waals surface area contributed by atoms with Crippen LogP contribution in [0.5, 0.6) is 0 Å². The monoisotopic (exact) mass is 696 g/mol. The van der Waals surface area contributed by atoms with Crippen molar-refractivity contribution in [3.63, 3.8) is 0 Å². The highest BCUT2D eigenvalue weighted by Crippen LogP contribution is 2.44. The van der Waals surface area contributed by atoms with Crippen molar-refractivity contribution < 1.29 is 0 Å². The lowest BCUT2D eigenvalue weighted by Crippen LogP contribution is -2.00. The van der Waals surface area contributed by atoms with Crippen LogP contribution >= 0.6 is 11.3 Å². The predicted octanol–water partition coefficient (Wildman–Crippen LogP) is 12.9. The van der Waals surface area contributed by atoms with E-state index in [1.165, 1.54) is 47.4 Å². The summed E-state index contributed by atoms with van der Waals surface area (Å²) in [5.74, 6) is 1.06. The second kappa shape index (κ2) is 11.7. The quantitative estimate of drug-likeness (QED) is 0.180. The highest BCUT2D eigenvalue weighted by atomic mass is 32.1. The molecule has 11 aromatic rings. The molecule has 0 fully saturated rings. The van der Waals surface area contributed by atoms with E-state index in [-0.39, 0.29) is 0 Å². The van der Waals surface area contributed by atoms with Crippen LogP contribution in [0, 0.1) is 0 Å². The number of pyridine rings is 1. The van der Waals surface area contributed by atoms with Gasteiger partial charge < -0.3 is 4.57 Å². The van der Waals surface area contributed by atoms with Crippen LogP contribution in [0.1, 0.15) is 12.7 Å². The van der Waals surface area contributed by atoms with Crippen molar-refractivity contribution in [1.82, 2.24) is 19.1 Å². The molecule has 0 amide bonds. The Morgan fingerprint density at radius 3 is 1.81 bits per heavy atom. The van der Waals surface area contributed by atoms with Gasteiger partial charge in [-0.15, -0.1) is 11.3 Å². The Morgan fingerprint density at radius 1 is 0.472 bits per heavy atom. The summed E-state index contributed by atoms with van der Waals surface area (Å²) in [6, 6.07) is 59.1. The van der Waals surface area contributed by atoms with Crippen molar-refractivity contribution in [2.75, 3.05) is 0 Å². The third kappa shape index (κ3) is 4.61. The van der Waals surface area contributed by atoms with E-state index in [9.17, 15) is 0 Å². The first-order chi connectivity index (χ1) is 26.2. The molecular formula is C48H32N4S. The number of nitrogens with zero attached hydrogens (tertiary/aromatic N) is 4. The van der Waals surface area contributed by atoms with Gasteiger partial charge in [-0.05, 0) is 77.9 Å². The van der Waals surface area contributed by atoms with Gasteiger partial charge in [-0.25, -0.2) is 9.97 Å². The van der Waals surface area contributed by atoms with Crippen molar-refractivity contribution >= 4 is 75.3 Å². The summed E-state index contributed by atoms with van der Waals surface area (Å²) < 4.78 is 7.19. The fraction of sp³-hybridized carbons (Fsp3) is 0.0417. The van der Waals surface area contributed by atoms with E-state index in [1.54, 1.807) is 0 Å². The molecule has 250 valence electrons. The molecule has 5 heteroatoms. The number of hydrogen-bond acceptors (Lipinski definition) is 3. The maximum atomic E-state index is 5.44. The van der Waals surface area contributed by atoms with Crippen molar-refractivity contribution in [1.29, 1.82) is 0 Å². The van der Waals surface area contributed by atoms with Crippen LogP contribution in [0.3, 0.4) is 0 Å². The smallest absolute Gasteiger partial charge is 0.114 e. The normalized spacial score (nSPS) is 11.9. The lowest BCUT2D eigenvalue weighted by Gasteiger charge is -2.15. The van der Waals surface area contributed by atoms with Crippen LogP contribution in [-0.4, -0.2) is 19.1 Å². The summed E-state index contributed by atoms with van der Waals surface area (Å²) in [6.45, 7) is 2.17. The number of hydrogen-bond donors (Lipinski definition) is 0. The van der Waals surface area contributed by atoms with Crippen molar-refractivity contribution in [3.8, 4) is 33.8 Å². The Kier molecular flexibility index (Phi) is 6.67. The van der Waals surface area contributed by atoms with E-state index in [0.717, 1.165) is 62.6 Å². The number of thiophene rings is 1. The van der Waals surface area contributed by atoms with E-state index >= 15 is 0 Å².